The summed E-state index contributed by atoms with van der Waals surface area (Å²) in [6.07, 6.45) is 0.523. The van der Waals surface area contributed by atoms with E-state index >= 15 is 0 Å². The molecule has 1 saturated heterocycles. The van der Waals surface area contributed by atoms with Gasteiger partial charge < -0.3 is 15.3 Å². The highest BCUT2D eigenvalue weighted by molar-refractivity contribution is 5.91. The fourth-order valence-corrected chi connectivity index (χ4v) is 2.23. The fraction of sp³-hybridized carbons (Fsp3) is 0.429. The lowest BCUT2D eigenvalue weighted by Crippen LogP contribution is -2.34. The van der Waals surface area contributed by atoms with Gasteiger partial charge in [0.2, 0.25) is 0 Å². The van der Waals surface area contributed by atoms with E-state index in [-0.39, 0.29) is 12.6 Å². The Hall–Kier alpha value is -2.04. The predicted molar refractivity (Wildman–Crippen MR) is 72.3 cm³/mol. The number of carbonyl (C=O) groups is 2. The number of hydrogen-bond acceptors (Lipinski definition) is 2. The summed E-state index contributed by atoms with van der Waals surface area (Å²) in [5.74, 6) is -1.27. The van der Waals surface area contributed by atoms with Crippen molar-refractivity contribution in [1.29, 1.82) is 0 Å². The number of benzene rings is 1. The molecule has 0 saturated carbocycles. The molecule has 1 atom stereocenters. The number of urea groups is 1. The number of aliphatic carboxylic acids is 1. The zero-order chi connectivity index (χ0) is 14.0. The van der Waals surface area contributed by atoms with E-state index in [9.17, 15) is 9.59 Å². The van der Waals surface area contributed by atoms with Gasteiger partial charge in [-0.3, -0.25) is 4.79 Å². The molecule has 1 aliphatic heterocycles. The van der Waals surface area contributed by atoms with Gasteiger partial charge in [-0.1, -0.05) is 12.1 Å². The second kappa shape index (κ2) is 5.30. The fourth-order valence-electron chi connectivity index (χ4n) is 2.23. The summed E-state index contributed by atoms with van der Waals surface area (Å²) in [6, 6.07) is 5.51. The van der Waals surface area contributed by atoms with Crippen molar-refractivity contribution >= 4 is 17.7 Å². The van der Waals surface area contributed by atoms with Gasteiger partial charge in [-0.15, -0.1) is 0 Å². The van der Waals surface area contributed by atoms with Gasteiger partial charge in [0.05, 0.1) is 5.92 Å². The van der Waals surface area contributed by atoms with Gasteiger partial charge in [0.1, 0.15) is 0 Å². The number of hydrogen-bond donors (Lipinski definition) is 2. The molecule has 2 amide bonds. The van der Waals surface area contributed by atoms with E-state index in [0.717, 1.165) is 16.8 Å². The molecule has 102 valence electrons. The van der Waals surface area contributed by atoms with Gasteiger partial charge in [0.15, 0.2) is 0 Å². The number of likely N-dealkylation sites (tertiary alicyclic amines) is 1. The van der Waals surface area contributed by atoms with Crippen LogP contribution in [0.25, 0.3) is 0 Å². The molecule has 2 N–H and O–H groups in total. The van der Waals surface area contributed by atoms with Crippen LogP contribution in [0.1, 0.15) is 17.5 Å². The maximum Gasteiger partial charge on any atom is 0.321 e. The minimum atomic E-state index is -0.831. The first-order valence-corrected chi connectivity index (χ1v) is 6.34. The number of carboxylic acid groups (broad SMARTS) is 1. The van der Waals surface area contributed by atoms with Gasteiger partial charge in [0, 0.05) is 18.8 Å². The van der Waals surface area contributed by atoms with E-state index < -0.39 is 11.9 Å². The molecule has 1 heterocycles. The highest BCUT2D eigenvalue weighted by Crippen LogP contribution is 2.21. The SMILES string of the molecule is Cc1cccc(NC(=O)N2CCC(C(=O)O)C2)c1C. The lowest BCUT2D eigenvalue weighted by molar-refractivity contribution is -0.141. The molecule has 1 aliphatic rings. The molecular weight excluding hydrogens is 244 g/mol. The lowest BCUT2D eigenvalue weighted by Gasteiger charge is -2.18. The Balaban J connectivity index is 2.02. The van der Waals surface area contributed by atoms with Crippen molar-refractivity contribution in [2.45, 2.75) is 20.3 Å². The molecule has 5 nitrogen and oxygen atoms in total. The Morgan fingerprint density at radius 2 is 2.11 bits per heavy atom. The number of carboxylic acids is 1. The predicted octanol–water partition coefficient (Wildman–Crippen LogP) is 2.24. The van der Waals surface area contributed by atoms with Crippen molar-refractivity contribution < 1.29 is 14.7 Å². The van der Waals surface area contributed by atoms with Crippen molar-refractivity contribution in [2.75, 3.05) is 18.4 Å². The average molecular weight is 262 g/mol. The summed E-state index contributed by atoms with van der Waals surface area (Å²) in [4.78, 5) is 24.5. The summed E-state index contributed by atoms with van der Waals surface area (Å²) >= 11 is 0. The third-order valence-corrected chi connectivity index (χ3v) is 3.67. The largest absolute Gasteiger partial charge is 0.481 e. The maximum atomic E-state index is 12.1. The van der Waals surface area contributed by atoms with Crippen LogP contribution in [0, 0.1) is 19.8 Å². The molecule has 0 aliphatic carbocycles. The number of aryl methyl sites for hydroxylation is 1. The Labute approximate surface area is 112 Å². The van der Waals surface area contributed by atoms with E-state index in [1.165, 1.54) is 0 Å². The van der Waals surface area contributed by atoms with Crippen LogP contribution in [-0.2, 0) is 4.79 Å². The normalized spacial score (nSPS) is 18.4. The highest BCUT2D eigenvalue weighted by atomic mass is 16.4. The molecule has 5 heteroatoms. The van der Waals surface area contributed by atoms with E-state index in [1.807, 2.05) is 32.0 Å². The molecule has 0 aromatic heterocycles. The first-order chi connectivity index (χ1) is 8.99. The standard InChI is InChI=1S/C14H18N2O3/c1-9-4-3-5-12(10(9)2)15-14(19)16-7-6-11(8-16)13(17)18/h3-5,11H,6-8H2,1-2H3,(H,15,19)(H,17,18). The molecule has 1 unspecified atom stereocenters. The number of anilines is 1. The van der Waals surface area contributed by atoms with Crippen LogP contribution in [-0.4, -0.2) is 35.1 Å². The highest BCUT2D eigenvalue weighted by Gasteiger charge is 2.30. The molecule has 1 fully saturated rings. The van der Waals surface area contributed by atoms with Crippen LogP contribution < -0.4 is 5.32 Å². The van der Waals surface area contributed by atoms with Crippen LogP contribution >= 0.6 is 0 Å². The van der Waals surface area contributed by atoms with Crippen molar-refractivity contribution in [3.63, 3.8) is 0 Å². The molecule has 1 aromatic carbocycles. The first-order valence-electron chi connectivity index (χ1n) is 6.34. The minimum Gasteiger partial charge on any atom is -0.481 e. The summed E-state index contributed by atoms with van der Waals surface area (Å²) in [5, 5.41) is 11.8. The minimum absolute atomic E-state index is 0.225. The van der Waals surface area contributed by atoms with Crippen LogP contribution in [0.15, 0.2) is 18.2 Å². The smallest absolute Gasteiger partial charge is 0.321 e. The third-order valence-electron chi connectivity index (χ3n) is 3.67. The van der Waals surface area contributed by atoms with Crippen LogP contribution in [0.4, 0.5) is 10.5 Å². The topological polar surface area (TPSA) is 69.6 Å². The van der Waals surface area contributed by atoms with E-state index in [1.54, 1.807) is 4.90 Å². The molecule has 1 aromatic rings. The van der Waals surface area contributed by atoms with Crippen LogP contribution in [0.5, 0.6) is 0 Å². The van der Waals surface area contributed by atoms with E-state index in [2.05, 4.69) is 5.32 Å². The second-order valence-corrected chi connectivity index (χ2v) is 4.95. The van der Waals surface area contributed by atoms with Gasteiger partial charge in [-0.05, 0) is 37.5 Å². The van der Waals surface area contributed by atoms with Gasteiger partial charge >= 0.3 is 12.0 Å². The summed E-state index contributed by atoms with van der Waals surface area (Å²) in [6.45, 7) is 4.72. The Morgan fingerprint density at radius 1 is 1.37 bits per heavy atom. The number of nitrogens with one attached hydrogen (secondary N) is 1. The van der Waals surface area contributed by atoms with Crippen LogP contribution in [0.2, 0.25) is 0 Å². The molecule has 2 rings (SSSR count). The number of rotatable bonds is 2. The molecule has 0 spiro atoms. The molecule has 0 bridgehead atoms. The van der Waals surface area contributed by atoms with Crippen molar-refractivity contribution in [3.8, 4) is 0 Å². The zero-order valence-corrected chi connectivity index (χ0v) is 11.1. The second-order valence-electron chi connectivity index (χ2n) is 4.95. The maximum absolute atomic E-state index is 12.1. The van der Waals surface area contributed by atoms with Crippen molar-refractivity contribution in [1.82, 2.24) is 4.90 Å². The molecular formula is C14H18N2O3. The van der Waals surface area contributed by atoms with Gasteiger partial charge in [-0.2, -0.15) is 0 Å². The zero-order valence-electron chi connectivity index (χ0n) is 11.1. The molecule has 0 radical (unpaired) electrons. The quantitative estimate of drug-likeness (QED) is 0.858. The van der Waals surface area contributed by atoms with Gasteiger partial charge in [0.25, 0.3) is 0 Å². The Bertz CT molecular complexity index is 513. The van der Waals surface area contributed by atoms with Crippen molar-refractivity contribution in [2.24, 2.45) is 5.92 Å². The summed E-state index contributed by atoms with van der Waals surface area (Å²) < 4.78 is 0. The number of carbonyl (C=O) groups excluding carboxylic acids is 1. The van der Waals surface area contributed by atoms with Crippen molar-refractivity contribution in [3.05, 3.63) is 29.3 Å². The van der Waals surface area contributed by atoms with Gasteiger partial charge in [-0.25, -0.2) is 4.79 Å². The number of amides is 2. The lowest BCUT2D eigenvalue weighted by atomic mass is 10.1. The summed E-state index contributed by atoms with van der Waals surface area (Å²) in [7, 11) is 0. The Morgan fingerprint density at radius 3 is 2.74 bits per heavy atom. The van der Waals surface area contributed by atoms with Crippen LogP contribution in [0.3, 0.4) is 0 Å². The monoisotopic (exact) mass is 262 g/mol. The van der Waals surface area contributed by atoms with E-state index in [4.69, 9.17) is 5.11 Å². The number of nitrogens with zero attached hydrogens (tertiary/aromatic N) is 1. The third kappa shape index (κ3) is 2.86. The first kappa shape index (κ1) is 13.4. The summed E-state index contributed by atoms with van der Waals surface area (Å²) in [5.41, 5.74) is 2.93. The van der Waals surface area contributed by atoms with E-state index in [0.29, 0.717) is 13.0 Å². The average Bonchev–Trinajstić information content (AvgIpc) is 2.84. The molecule has 19 heavy (non-hydrogen) atoms. The Kier molecular flexibility index (Phi) is 3.74.